The molecule has 0 atom stereocenters. The maximum absolute atomic E-state index is 2.34. The first-order valence-electron chi connectivity index (χ1n) is 18.3. The quantitative estimate of drug-likeness (QED) is 0.293. The zero-order chi connectivity index (χ0) is 36.0. The first-order valence-corrected chi connectivity index (χ1v) is 18.3. The summed E-state index contributed by atoms with van der Waals surface area (Å²) in [6, 6.07) is 0. The lowest BCUT2D eigenvalue weighted by Crippen LogP contribution is -2.25. The van der Waals surface area contributed by atoms with E-state index in [0.29, 0.717) is 10.8 Å². The van der Waals surface area contributed by atoms with Crippen molar-refractivity contribution in [3.8, 4) is 0 Å². The molecule has 0 unspecified atom stereocenters. The fraction of sp³-hybridized carbons (Fsp3) is 1.00. The van der Waals surface area contributed by atoms with Crippen LogP contribution < -0.4 is 0 Å². The van der Waals surface area contributed by atoms with E-state index in [1.807, 2.05) is 96.9 Å². The van der Waals surface area contributed by atoms with E-state index in [2.05, 4.69) is 118 Å². The van der Waals surface area contributed by atoms with Crippen LogP contribution in [0, 0.1) is 52.3 Å². The van der Waals surface area contributed by atoms with E-state index in [1.165, 1.54) is 0 Å². The zero-order valence-electron chi connectivity index (χ0n) is 36.0. The molecule has 0 heteroatoms. The summed E-state index contributed by atoms with van der Waals surface area (Å²) >= 11 is 0. The lowest BCUT2D eigenvalue weighted by molar-refractivity contribution is 0.165. The van der Waals surface area contributed by atoms with E-state index in [-0.39, 0.29) is 0 Å². The maximum Gasteiger partial charge on any atom is -0.0308 e. The molecule has 0 saturated carbocycles. The molecule has 0 saturated heterocycles. The third kappa shape index (κ3) is 50.8. The fourth-order valence-electron chi connectivity index (χ4n) is 2.10. The summed E-state index contributed by atoms with van der Waals surface area (Å²) in [5.74, 6) is 5.71. The zero-order valence-corrected chi connectivity index (χ0v) is 36.0. The predicted octanol–water partition coefficient (Wildman–Crippen LogP) is 16.8. The minimum absolute atomic E-state index is 0.500. The van der Waals surface area contributed by atoms with Crippen molar-refractivity contribution < 1.29 is 0 Å². The van der Waals surface area contributed by atoms with Gasteiger partial charge in [0.2, 0.25) is 0 Å². The molecule has 0 spiro atoms. The lowest BCUT2D eigenvalue weighted by atomic mass is 9.72. The Labute approximate surface area is 266 Å². The van der Waals surface area contributed by atoms with E-state index < -0.39 is 0 Å². The number of rotatable bonds is 6. The molecule has 0 aliphatic rings. The summed E-state index contributed by atoms with van der Waals surface area (Å²) in [5.41, 5.74) is 1.00. The molecule has 0 rings (SSSR count). The van der Waals surface area contributed by atoms with Gasteiger partial charge in [0, 0.05) is 0 Å². The van der Waals surface area contributed by atoms with Crippen molar-refractivity contribution in [2.75, 3.05) is 0 Å². The van der Waals surface area contributed by atoms with E-state index in [1.54, 1.807) is 0 Å². The van der Waals surface area contributed by atoms with Crippen LogP contribution in [0.3, 0.4) is 0 Å². The Balaban J connectivity index is -0.0000000345. The van der Waals surface area contributed by atoms with Crippen LogP contribution in [-0.4, -0.2) is 0 Å². The summed E-state index contributed by atoms with van der Waals surface area (Å²) in [4.78, 5) is 0. The van der Waals surface area contributed by atoms with Crippen LogP contribution in [0.4, 0.5) is 0 Å². The molecular weight excluding hydrogens is 480 g/mol. The van der Waals surface area contributed by atoms with Crippen LogP contribution in [-0.2, 0) is 0 Å². The molecule has 0 nitrogen and oxygen atoms in total. The van der Waals surface area contributed by atoms with Gasteiger partial charge in [-0.3, -0.25) is 0 Å². The van der Waals surface area contributed by atoms with Gasteiger partial charge in [-0.1, -0.05) is 215 Å². The second-order valence-corrected chi connectivity index (χ2v) is 11.6. The third-order valence-corrected chi connectivity index (χ3v) is 8.06. The van der Waals surface area contributed by atoms with Crippen LogP contribution in [0.2, 0.25) is 0 Å². The van der Waals surface area contributed by atoms with Gasteiger partial charge in [0.05, 0.1) is 0 Å². The van der Waals surface area contributed by atoms with E-state index in [4.69, 9.17) is 0 Å². The van der Waals surface area contributed by atoms with Gasteiger partial charge in [-0.25, -0.2) is 0 Å². The van der Waals surface area contributed by atoms with Crippen molar-refractivity contribution in [3.05, 3.63) is 0 Å². The molecule has 0 N–H and O–H groups in total. The van der Waals surface area contributed by atoms with Gasteiger partial charge in [0.15, 0.2) is 0 Å². The smallest absolute Gasteiger partial charge is 0.0308 e. The first kappa shape index (κ1) is 67.6. The van der Waals surface area contributed by atoms with Crippen molar-refractivity contribution >= 4 is 0 Å². The molecule has 0 bridgehead atoms. The van der Waals surface area contributed by atoms with Crippen molar-refractivity contribution in [2.24, 2.45) is 52.3 Å². The molecule has 0 heterocycles. The van der Waals surface area contributed by atoms with E-state index in [0.717, 1.165) is 41.4 Å². The Hall–Kier alpha value is 0. The van der Waals surface area contributed by atoms with Gasteiger partial charge >= 0.3 is 0 Å². The lowest BCUT2D eigenvalue weighted by Gasteiger charge is -2.33. The maximum atomic E-state index is 2.34. The highest BCUT2D eigenvalue weighted by atomic mass is 14.3. The second-order valence-electron chi connectivity index (χ2n) is 11.6. The van der Waals surface area contributed by atoms with E-state index >= 15 is 0 Å². The molecule has 0 aromatic heterocycles. The summed E-state index contributed by atoms with van der Waals surface area (Å²) in [7, 11) is 0. The Morgan fingerprint density at radius 1 is 0.250 bits per heavy atom. The molecule has 0 fully saturated rings. The van der Waals surface area contributed by atoms with E-state index in [9.17, 15) is 0 Å². The fourth-order valence-corrected chi connectivity index (χ4v) is 2.10. The summed E-state index contributed by atoms with van der Waals surface area (Å²) in [6.07, 6.45) is 0. The Bertz CT molecular complexity index is 261. The minimum atomic E-state index is 0.500. The molecule has 40 heavy (non-hydrogen) atoms. The van der Waals surface area contributed by atoms with Gasteiger partial charge in [0.1, 0.15) is 0 Å². The molecule has 0 amide bonds. The van der Waals surface area contributed by atoms with Crippen LogP contribution >= 0.6 is 0 Å². The van der Waals surface area contributed by atoms with Gasteiger partial charge in [-0.2, -0.15) is 0 Å². The average Bonchev–Trinajstić information content (AvgIpc) is 2.96. The minimum Gasteiger partial charge on any atom is -0.0683 e. The van der Waals surface area contributed by atoms with Crippen LogP contribution in [0.15, 0.2) is 0 Å². The highest BCUT2D eigenvalue weighted by Crippen LogP contribution is 2.34. The highest BCUT2D eigenvalue weighted by molar-refractivity contribution is 4.75. The number of hydrogen-bond donors (Lipinski definition) is 0. The highest BCUT2D eigenvalue weighted by Gasteiger charge is 2.26. The molecular formula is C40H100. The van der Waals surface area contributed by atoms with Crippen LogP contribution in [0.25, 0.3) is 0 Å². The van der Waals surface area contributed by atoms with Gasteiger partial charge in [0.25, 0.3) is 0 Å². The monoisotopic (exact) mass is 581 g/mol. The molecule has 0 aliphatic heterocycles. The van der Waals surface area contributed by atoms with Crippen molar-refractivity contribution in [2.45, 2.75) is 215 Å². The van der Waals surface area contributed by atoms with Crippen molar-refractivity contribution in [1.82, 2.24) is 0 Å². The summed E-state index contributed by atoms with van der Waals surface area (Å²) < 4.78 is 0. The summed E-state index contributed by atoms with van der Waals surface area (Å²) in [6.45, 7) is 67.1. The summed E-state index contributed by atoms with van der Waals surface area (Å²) in [5, 5.41) is 0. The second kappa shape index (κ2) is 51.7. The SMILES string of the molecule is CC.CC.CC.CC.CC.CC.CC.CC(C)C(C)(C)C(C)C.CC(C)C(C)(C)C(C)C.CC(C)C(C)C(C)C. The average molecular weight is 581 g/mol. The molecule has 0 radical (unpaired) electrons. The van der Waals surface area contributed by atoms with Gasteiger partial charge in [-0.05, 0) is 52.3 Å². The van der Waals surface area contributed by atoms with Crippen molar-refractivity contribution in [1.29, 1.82) is 0 Å². The van der Waals surface area contributed by atoms with Crippen LogP contribution in [0.1, 0.15) is 215 Å². The van der Waals surface area contributed by atoms with Gasteiger partial charge in [-0.15, -0.1) is 0 Å². The van der Waals surface area contributed by atoms with Gasteiger partial charge < -0.3 is 0 Å². The Kier molecular flexibility index (Phi) is 87.4. The predicted molar refractivity (Wildman–Crippen MR) is 205 cm³/mol. The standard InChI is InChI=1S/2C9H20.C8H18.7C2H6/c2*1-7(2)9(5,6)8(3)4;1-6(2)8(5)7(3)4;7*1-2/h2*7-8H,1-6H3;6-8H,1-5H3;7*1-2H3. The Morgan fingerprint density at radius 3 is 0.350 bits per heavy atom. The molecule has 0 aliphatic carbocycles. The molecule has 0 aromatic rings. The van der Waals surface area contributed by atoms with Crippen LogP contribution in [0.5, 0.6) is 0 Å². The van der Waals surface area contributed by atoms with Crippen molar-refractivity contribution in [3.63, 3.8) is 0 Å². The number of hydrogen-bond acceptors (Lipinski definition) is 0. The third-order valence-electron chi connectivity index (χ3n) is 8.06. The Morgan fingerprint density at radius 2 is 0.350 bits per heavy atom. The normalized spacial score (nSPS) is 9.45. The molecule has 0 aromatic carbocycles. The first-order chi connectivity index (χ1) is 18.3. The largest absolute Gasteiger partial charge is 0.0683 e. The molecule has 260 valence electrons. The topological polar surface area (TPSA) is 0 Å².